The van der Waals surface area contributed by atoms with Crippen LogP contribution < -0.4 is 10.8 Å². The maximum Gasteiger partial charge on any atom is 0.306 e. The summed E-state index contributed by atoms with van der Waals surface area (Å²) in [5, 5.41) is 10.4. The maximum absolute atomic E-state index is 11.4. The Labute approximate surface area is 95.0 Å². The average molecular weight is 229 g/mol. The van der Waals surface area contributed by atoms with Gasteiger partial charge < -0.3 is 20.4 Å². The van der Waals surface area contributed by atoms with Gasteiger partial charge in [0.1, 0.15) is 12.1 Å². The van der Waals surface area contributed by atoms with Crippen molar-refractivity contribution >= 4 is 11.9 Å². The molecule has 92 valence electrons. The van der Waals surface area contributed by atoms with Crippen LogP contribution in [0.1, 0.15) is 44.9 Å². The third kappa shape index (κ3) is 4.61. The first-order chi connectivity index (χ1) is 7.59. The van der Waals surface area contributed by atoms with Crippen molar-refractivity contribution in [2.45, 2.75) is 57.1 Å². The number of esters is 1. The summed E-state index contributed by atoms with van der Waals surface area (Å²) in [7, 11) is 0. The van der Waals surface area contributed by atoms with Gasteiger partial charge in [0.25, 0.3) is 0 Å². The Morgan fingerprint density at radius 3 is 2.50 bits per heavy atom. The lowest BCUT2D eigenvalue weighted by Gasteiger charge is -2.21. The molecular weight excluding hydrogens is 210 g/mol. The summed E-state index contributed by atoms with van der Waals surface area (Å²) in [6, 6.07) is -0.834. The average Bonchev–Trinajstić information content (AvgIpc) is 2.27. The van der Waals surface area contributed by atoms with Crippen molar-refractivity contribution in [1.29, 1.82) is 0 Å². The van der Waals surface area contributed by atoms with E-state index in [2.05, 4.69) is 5.73 Å². The Morgan fingerprint density at radius 1 is 1.31 bits per heavy atom. The number of carbonyl (C=O) groups excluding carboxylic acids is 2. The molecule has 5 heteroatoms. The molecule has 0 heterocycles. The summed E-state index contributed by atoms with van der Waals surface area (Å²) >= 11 is 0. The van der Waals surface area contributed by atoms with E-state index in [1.807, 2.05) is 0 Å². The van der Waals surface area contributed by atoms with Gasteiger partial charge in [-0.1, -0.05) is 6.42 Å². The number of hydrogen-bond acceptors (Lipinski definition) is 4. The molecule has 1 atom stereocenters. The number of hydrogen-bond donors (Lipinski definition) is 1. The second-order valence-corrected chi connectivity index (χ2v) is 4.30. The van der Waals surface area contributed by atoms with Crippen molar-refractivity contribution < 1.29 is 25.2 Å². The number of quaternary nitrogens is 1. The SMILES string of the molecule is [NH3+][C@@H](CCC(=O)OC1CCCCC1)C(=O)[O-]. The standard InChI is InChI=1S/C11H19NO4/c12-9(11(14)15)6-7-10(13)16-8-4-2-1-3-5-8/h8-9H,1-7,12H2,(H,14,15)/t9-/m0/s1. The molecule has 1 saturated carbocycles. The molecule has 1 rings (SSSR count). The molecule has 0 unspecified atom stereocenters. The van der Waals surface area contributed by atoms with Gasteiger partial charge in [0, 0.05) is 6.42 Å². The molecule has 16 heavy (non-hydrogen) atoms. The van der Waals surface area contributed by atoms with Crippen molar-refractivity contribution in [3.63, 3.8) is 0 Å². The normalized spacial score (nSPS) is 19.1. The first kappa shape index (κ1) is 13.0. The summed E-state index contributed by atoms with van der Waals surface area (Å²) < 4.78 is 5.24. The number of aliphatic carboxylic acids is 1. The van der Waals surface area contributed by atoms with Gasteiger partial charge in [-0.2, -0.15) is 0 Å². The Hall–Kier alpha value is -1.10. The van der Waals surface area contributed by atoms with E-state index < -0.39 is 12.0 Å². The van der Waals surface area contributed by atoms with E-state index in [9.17, 15) is 14.7 Å². The fourth-order valence-electron chi connectivity index (χ4n) is 1.84. The van der Waals surface area contributed by atoms with Gasteiger partial charge in [0.05, 0.1) is 12.4 Å². The third-order valence-corrected chi connectivity index (χ3v) is 2.88. The van der Waals surface area contributed by atoms with E-state index in [0.717, 1.165) is 25.7 Å². The molecule has 0 aromatic rings. The highest BCUT2D eigenvalue weighted by Gasteiger charge is 2.18. The molecule has 0 saturated heterocycles. The second kappa shape index (κ2) is 6.48. The Bertz CT molecular complexity index is 248. The number of rotatable bonds is 5. The molecule has 0 radical (unpaired) electrons. The van der Waals surface area contributed by atoms with Crippen LogP contribution in [0.25, 0.3) is 0 Å². The van der Waals surface area contributed by atoms with Crippen LogP contribution in [0.2, 0.25) is 0 Å². The number of carboxylic acids is 1. The molecule has 0 amide bonds. The first-order valence-electron chi connectivity index (χ1n) is 5.83. The van der Waals surface area contributed by atoms with Gasteiger partial charge in [-0.15, -0.1) is 0 Å². The minimum Gasteiger partial charge on any atom is -0.544 e. The predicted octanol–water partition coefficient (Wildman–Crippen LogP) is -0.997. The van der Waals surface area contributed by atoms with Crippen LogP contribution >= 0.6 is 0 Å². The predicted molar refractivity (Wildman–Crippen MR) is 53.9 cm³/mol. The van der Waals surface area contributed by atoms with Gasteiger partial charge >= 0.3 is 5.97 Å². The molecule has 1 aliphatic rings. The monoisotopic (exact) mass is 229 g/mol. The minimum atomic E-state index is -1.22. The second-order valence-electron chi connectivity index (χ2n) is 4.30. The quantitative estimate of drug-likeness (QED) is 0.612. The van der Waals surface area contributed by atoms with Crippen molar-refractivity contribution in [1.82, 2.24) is 0 Å². The topological polar surface area (TPSA) is 94.1 Å². The Kier molecular flexibility index (Phi) is 5.25. The smallest absolute Gasteiger partial charge is 0.306 e. The van der Waals surface area contributed by atoms with Gasteiger partial charge in [-0.25, -0.2) is 0 Å². The molecular formula is C11H19NO4. The molecule has 5 nitrogen and oxygen atoms in total. The zero-order valence-electron chi connectivity index (χ0n) is 9.44. The lowest BCUT2D eigenvalue weighted by Crippen LogP contribution is -2.68. The highest BCUT2D eigenvalue weighted by molar-refractivity contribution is 5.73. The van der Waals surface area contributed by atoms with Crippen LogP contribution in [0.4, 0.5) is 0 Å². The summed E-state index contributed by atoms with van der Waals surface area (Å²) in [6.07, 6.45) is 5.61. The molecule has 0 spiro atoms. The van der Waals surface area contributed by atoms with E-state index in [1.165, 1.54) is 6.42 Å². The molecule has 0 aromatic carbocycles. The van der Waals surface area contributed by atoms with Crippen molar-refractivity contribution in [3.05, 3.63) is 0 Å². The van der Waals surface area contributed by atoms with Crippen LogP contribution in [-0.2, 0) is 14.3 Å². The lowest BCUT2D eigenvalue weighted by atomic mass is 9.98. The molecule has 0 aliphatic heterocycles. The zero-order valence-corrected chi connectivity index (χ0v) is 9.44. The minimum absolute atomic E-state index is 0.0347. The van der Waals surface area contributed by atoms with E-state index >= 15 is 0 Å². The highest BCUT2D eigenvalue weighted by atomic mass is 16.5. The fraction of sp³-hybridized carbons (Fsp3) is 0.818. The van der Waals surface area contributed by atoms with E-state index in [1.54, 1.807) is 0 Å². The number of ether oxygens (including phenoxy) is 1. The maximum atomic E-state index is 11.4. The van der Waals surface area contributed by atoms with Crippen LogP contribution in [0, 0.1) is 0 Å². The fourth-order valence-corrected chi connectivity index (χ4v) is 1.84. The van der Waals surface area contributed by atoms with Gasteiger partial charge in [-0.05, 0) is 25.7 Å². The lowest BCUT2D eigenvalue weighted by molar-refractivity contribution is -0.438. The zero-order chi connectivity index (χ0) is 12.0. The van der Waals surface area contributed by atoms with Gasteiger partial charge in [0.2, 0.25) is 0 Å². The largest absolute Gasteiger partial charge is 0.544 e. The molecule has 1 aliphatic carbocycles. The third-order valence-electron chi connectivity index (χ3n) is 2.88. The van der Waals surface area contributed by atoms with Crippen LogP contribution in [-0.4, -0.2) is 24.1 Å². The van der Waals surface area contributed by atoms with Crippen LogP contribution in [0.3, 0.4) is 0 Å². The molecule has 1 fully saturated rings. The number of carboxylic acid groups (broad SMARTS) is 1. The summed E-state index contributed by atoms with van der Waals surface area (Å²) in [4.78, 5) is 21.8. The molecule has 3 N–H and O–H groups in total. The summed E-state index contributed by atoms with van der Waals surface area (Å²) in [5.74, 6) is -1.53. The highest BCUT2D eigenvalue weighted by Crippen LogP contribution is 2.20. The molecule has 0 bridgehead atoms. The van der Waals surface area contributed by atoms with E-state index in [4.69, 9.17) is 4.74 Å². The van der Waals surface area contributed by atoms with Gasteiger partial charge in [0.15, 0.2) is 0 Å². The van der Waals surface area contributed by atoms with E-state index in [0.29, 0.717) is 0 Å². The van der Waals surface area contributed by atoms with Crippen molar-refractivity contribution in [3.8, 4) is 0 Å². The summed E-state index contributed by atoms with van der Waals surface area (Å²) in [5.41, 5.74) is 3.39. The van der Waals surface area contributed by atoms with Crippen LogP contribution in [0.5, 0.6) is 0 Å². The number of carbonyl (C=O) groups is 2. The molecule has 0 aromatic heterocycles. The van der Waals surface area contributed by atoms with Gasteiger partial charge in [-0.3, -0.25) is 4.79 Å². The first-order valence-corrected chi connectivity index (χ1v) is 5.83. The summed E-state index contributed by atoms with van der Waals surface area (Å²) in [6.45, 7) is 0. The Balaban J connectivity index is 2.17. The van der Waals surface area contributed by atoms with Crippen molar-refractivity contribution in [2.24, 2.45) is 0 Å². The van der Waals surface area contributed by atoms with Crippen LogP contribution in [0.15, 0.2) is 0 Å². The van der Waals surface area contributed by atoms with Crippen molar-refractivity contribution in [2.75, 3.05) is 0 Å². The Morgan fingerprint density at radius 2 is 1.94 bits per heavy atom. The van der Waals surface area contributed by atoms with E-state index in [-0.39, 0.29) is 24.9 Å².